The van der Waals surface area contributed by atoms with E-state index < -0.39 is 0 Å². The highest BCUT2D eigenvalue weighted by Gasteiger charge is 2.31. The van der Waals surface area contributed by atoms with E-state index in [1.807, 2.05) is 28.0 Å². The molecule has 2 fully saturated rings. The summed E-state index contributed by atoms with van der Waals surface area (Å²) >= 11 is 0. The molecule has 1 N–H and O–H groups in total. The number of hydrogen-bond donors (Lipinski definition) is 1. The smallest absolute Gasteiger partial charge is 0.319 e. The molecule has 2 aliphatic heterocycles. The van der Waals surface area contributed by atoms with E-state index in [1.54, 1.807) is 0 Å². The van der Waals surface area contributed by atoms with Crippen molar-refractivity contribution in [1.82, 2.24) is 15.1 Å². The van der Waals surface area contributed by atoms with Gasteiger partial charge in [-0.1, -0.05) is 56.5 Å². The molecule has 0 aromatic heterocycles. The van der Waals surface area contributed by atoms with Gasteiger partial charge in [-0.05, 0) is 37.7 Å². The lowest BCUT2D eigenvalue weighted by Gasteiger charge is -2.34. The maximum absolute atomic E-state index is 12.9. The fourth-order valence-electron chi connectivity index (χ4n) is 4.34. The normalized spacial score (nSPS) is 18.9. The van der Waals surface area contributed by atoms with Crippen LogP contribution in [0.4, 0.5) is 4.79 Å². The second kappa shape index (κ2) is 10.5. The zero-order valence-electron chi connectivity index (χ0n) is 17.2. The van der Waals surface area contributed by atoms with Gasteiger partial charge in [0.25, 0.3) is 0 Å². The quantitative estimate of drug-likeness (QED) is 0.709. The average Bonchev–Trinajstić information content (AvgIpc) is 3.28. The number of carbonyl (C=O) groups excluding carboxylic acids is 2. The van der Waals surface area contributed by atoms with Crippen LogP contribution in [-0.2, 0) is 4.79 Å². The summed E-state index contributed by atoms with van der Waals surface area (Å²) < 4.78 is 0. The highest BCUT2D eigenvalue weighted by atomic mass is 16.2. The van der Waals surface area contributed by atoms with Gasteiger partial charge in [0, 0.05) is 32.1 Å². The maximum atomic E-state index is 12.9. The van der Waals surface area contributed by atoms with Crippen LogP contribution in [0.15, 0.2) is 30.3 Å². The SMILES string of the molecule is CCCCCC(NC(=O)C1CCN(C(=O)N2CCCC2)CC1)c1ccccc1. The molecule has 3 amide bonds. The zero-order valence-corrected chi connectivity index (χ0v) is 17.2. The standard InChI is InChI=1S/C23H35N3O2/c1-2-3-5-12-21(19-10-6-4-7-11-19)24-22(27)20-13-17-26(18-14-20)23(28)25-15-8-9-16-25/h4,6-7,10-11,20-21H,2-3,5,8-9,12-18H2,1H3,(H,24,27). The predicted octanol–water partition coefficient (Wildman–Crippen LogP) is 4.35. The molecule has 1 aromatic rings. The van der Waals surface area contributed by atoms with E-state index in [9.17, 15) is 9.59 Å². The van der Waals surface area contributed by atoms with Crippen molar-refractivity contribution in [3.63, 3.8) is 0 Å². The highest BCUT2D eigenvalue weighted by molar-refractivity contribution is 5.80. The molecular formula is C23H35N3O2. The van der Waals surface area contributed by atoms with Crippen LogP contribution < -0.4 is 5.32 Å². The molecule has 5 nitrogen and oxygen atoms in total. The van der Waals surface area contributed by atoms with E-state index in [4.69, 9.17) is 0 Å². The van der Waals surface area contributed by atoms with Gasteiger partial charge < -0.3 is 15.1 Å². The van der Waals surface area contributed by atoms with E-state index >= 15 is 0 Å². The fourth-order valence-corrected chi connectivity index (χ4v) is 4.34. The summed E-state index contributed by atoms with van der Waals surface area (Å²) in [6.45, 7) is 5.36. The van der Waals surface area contributed by atoms with E-state index in [1.165, 1.54) is 18.4 Å². The average molecular weight is 386 g/mol. The molecule has 3 rings (SSSR count). The molecule has 2 heterocycles. The Labute approximate surface area is 169 Å². The van der Waals surface area contributed by atoms with Crippen molar-refractivity contribution in [1.29, 1.82) is 0 Å². The van der Waals surface area contributed by atoms with Crippen LogP contribution in [0, 0.1) is 5.92 Å². The first-order valence-electron chi connectivity index (χ1n) is 11.1. The highest BCUT2D eigenvalue weighted by Crippen LogP contribution is 2.24. The zero-order chi connectivity index (χ0) is 19.8. The largest absolute Gasteiger partial charge is 0.349 e. The van der Waals surface area contributed by atoms with Crippen molar-refractivity contribution in [2.45, 2.75) is 64.3 Å². The van der Waals surface area contributed by atoms with Gasteiger partial charge in [0.1, 0.15) is 0 Å². The summed E-state index contributed by atoms with van der Waals surface area (Å²) in [4.78, 5) is 29.4. The van der Waals surface area contributed by atoms with Gasteiger partial charge in [0.2, 0.25) is 5.91 Å². The molecule has 0 radical (unpaired) electrons. The third kappa shape index (κ3) is 5.49. The first-order chi connectivity index (χ1) is 13.7. The molecular weight excluding hydrogens is 350 g/mol. The number of piperidine rings is 1. The van der Waals surface area contributed by atoms with Gasteiger partial charge >= 0.3 is 6.03 Å². The lowest BCUT2D eigenvalue weighted by atomic mass is 9.94. The number of benzene rings is 1. The minimum atomic E-state index is 0.0139. The topological polar surface area (TPSA) is 52.7 Å². The van der Waals surface area contributed by atoms with Crippen LogP contribution in [0.3, 0.4) is 0 Å². The van der Waals surface area contributed by atoms with Crippen molar-refractivity contribution >= 4 is 11.9 Å². The lowest BCUT2D eigenvalue weighted by Crippen LogP contribution is -2.48. The molecule has 1 atom stereocenters. The fraction of sp³-hybridized carbons (Fsp3) is 0.652. The molecule has 5 heteroatoms. The van der Waals surface area contributed by atoms with E-state index in [0.717, 1.165) is 51.6 Å². The maximum Gasteiger partial charge on any atom is 0.319 e. The molecule has 1 unspecified atom stereocenters. The minimum absolute atomic E-state index is 0.0139. The second-order valence-corrected chi connectivity index (χ2v) is 8.21. The van der Waals surface area contributed by atoms with Crippen LogP contribution in [-0.4, -0.2) is 47.9 Å². The first kappa shape index (κ1) is 20.7. The van der Waals surface area contributed by atoms with E-state index in [-0.39, 0.29) is 23.9 Å². The van der Waals surface area contributed by atoms with Crippen molar-refractivity contribution in [3.8, 4) is 0 Å². The van der Waals surface area contributed by atoms with Crippen molar-refractivity contribution in [2.24, 2.45) is 5.92 Å². The van der Waals surface area contributed by atoms with Crippen LogP contribution in [0.25, 0.3) is 0 Å². The third-order valence-corrected chi connectivity index (χ3v) is 6.13. The van der Waals surface area contributed by atoms with Crippen LogP contribution >= 0.6 is 0 Å². The predicted molar refractivity (Wildman–Crippen MR) is 112 cm³/mol. The number of urea groups is 1. The summed E-state index contributed by atoms with van der Waals surface area (Å²) in [5.41, 5.74) is 1.19. The second-order valence-electron chi connectivity index (χ2n) is 8.21. The Morgan fingerprint density at radius 2 is 1.64 bits per heavy atom. The van der Waals surface area contributed by atoms with Gasteiger partial charge in [-0.3, -0.25) is 4.79 Å². The molecule has 0 spiro atoms. The minimum Gasteiger partial charge on any atom is -0.349 e. The number of hydrogen-bond acceptors (Lipinski definition) is 2. The molecule has 28 heavy (non-hydrogen) atoms. The van der Waals surface area contributed by atoms with Gasteiger partial charge in [-0.25, -0.2) is 4.79 Å². The summed E-state index contributed by atoms with van der Waals surface area (Å²) in [5, 5.41) is 3.31. The van der Waals surface area contributed by atoms with E-state index in [0.29, 0.717) is 13.1 Å². The van der Waals surface area contributed by atoms with E-state index in [2.05, 4.69) is 24.4 Å². The molecule has 0 saturated carbocycles. The van der Waals surface area contributed by atoms with Crippen LogP contribution in [0.5, 0.6) is 0 Å². The van der Waals surface area contributed by atoms with Crippen molar-refractivity contribution in [3.05, 3.63) is 35.9 Å². The Bertz CT molecular complexity index is 620. The monoisotopic (exact) mass is 385 g/mol. The molecule has 2 saturated heterocycles. The summed E-state index contributed by atoms with van der Waals surface area (Å²) in [5.74, 6) is 0.165. The van der Waals surface area contributed by atoms with Gasteiger partial charge in [0.15, 0.2) is 0 Å². The summed E-state index contributed by atoms with van der Waals surface area (Å²) in [6, 6.07) is 10.6. The molecule has 0 bridgehead atoms. The Balaban J connectivity index is 1.51. The Kier molecular flexibility index (Phi) is 7.75. The lowest BCUT2D eigenvalue weighted by molar-refractivity contribution is -0.127. The van der Waals surface area contributed by atoms with Gasteiger partial charge in [-0.2, -0.15) is 0 Å². The molecule has 2 aliphatic rings. The Hall–Kier alpha value is -2.04. The Morgan fingerprint density at radius 1 is 1.00 bits per heavy atom. The third-order valence-electron chi connectivity index (χ3n) is 6.13. The number of nitrogens with zero attached hydrogens (tertiary/aromatic N) is 2. The first-order valence-corrected chi connectivity index (χ1v) is 11.1. The number of nitrogens with one attached hydrogen (secondary N) is 1. The van der Waals surface area contributed by atoms with Crippen LogP contribution in [0.2, 0.25) is 0 Å². The number of rotatable bonds is 7. The summed E-state index contributed by atoms with van der Waals surface area (Å²) in [6.07, 6.45) is 8.24. The molecule has 0 aliphatic carbocycles. The van der Waals surface area contributed by atoms with Crippen molar-refractivity contribution < 1.29 is 9.59 Å². The molecule has 1 aromatic carbocycles. The number of likely N-dealkylation sites (tertiary alicyclic amines) is 2. The van der Waals surface area contributed by atoms with Crippen molar-refractivity contribution in [2.75, 3.05) is 26.2 Å². The number of unbranched alkanes of at least 4 members (excludes halogenated alkanes) is 2. The number of carbonyl (C=O) groups is 2. The van der Waals surface area contributed by atoms with Crippen LogP contribution in [0.1, 0.15) is 69.9 Å². The summed E-state index contributed by atoms with van der Waals surface area (Å²) in [7, 11) is 0. The Morgan fingerprint density at radius 3 is 2.29 bits per heavy atom. The number of amides is 3. The van der Waals surface area contributed by atoms with Gasteiger partial charge in [-0.15, -0.1) is 0 Å². The molecule has 154 valence electrons. The van der Waals surface area contributed by atoms with Gasteiger partial charge in [0.05, 0.1) is 6.04 Å².